The van der Waals surface area contributed by atoms with Gasteiger partial charge < -0.3 is 14.5 Å². The molecule has 1 amide bonds. The Morgan fingerprint density at radius 1 is 1.06 bits per heavy atom. The zero-order valence-electron chi connectivity index (χ0n) is 18.6. The van der Waals surface area contributed by atoms with Crippen LogP contribution in [0.3, 0.4) is 0 Å². The fraction of sp³-hybridized carbons (Fsp3) is 0.148. The van der Waals surface area contributed by atoms with Gasteiger partial charge in [0.25, 0.3) is 0 Å². The molecule has 0 spiro atoms. The first-order chi connectivity index (χ1) is 16.3. The van der Waals surface area contributed by atoms with E-state index in [0.29, 0.717) is 23.5 Å². The Morgan fingerprint density at radius 3 is 2.41 bits per heavy atom. The molecule has 0 aliphatic rings. The number of nitrogens with one attached hydrogen (secondary N) is 1. The lowest BCUT2D eigenvalue weighted by Crippen LogP contribution is -2.10. The molecule has 0 bridgehead atoms. The summed E-state index contributed by atoms with van der Waals surface area (Å²) in [4.78, 5) is 12.6. The van der Waals surface area contributed by atoms with Crippen molar-refractivity contribution >= 4 is 28.1 Å². The molecule has 1 heterocycles. The molecule has 0 aliphatic carbocycles. The van der Waals surface area contributed by atoms with E-state index in [1.165, 1.54) is 18.2 Å². The molecule has 0 saturated carbocycles. The number of ether oxygens (including phenoxy) is 1. The van der Waals surface area contributed by atoms with Crippen molar-refractivity contribution < 1.29 is 27.1 Å². The molecule has 0 atom stereocenters. The first-order valence-electron chi connectivity index (χ1n) is 10.7. The van der Waals surface area contributed by atoms with Crippen molar-refractivity contribution in [1.82, 2.24) is 0 Å². The second-order valence-electron chi connectivity index (χ2n) is 7.68. The highest BCUT2D eigenvalue weighted by molar-refractivity contribution is 6.05. The molecule has 174 valence electrons. The number of hydrogen-bond acceptors (Lipinski definition) is 3. The lowest BCUT2D eigenvalue weighted by molar-refractivity contribution is -0.137. The van der Waals surface area contributed by atoms with Crippen molar-refractivity contribution in [3.8, 4) is 16.9 Å². The van der Waals surface area contributed by atoms with Gasteiger partial charge in [-0.05, 0) is 55.3 Å². The minimum absolute atomic E-state index is 0.267. The van der Waals surface area contributed by atoms with E-state index in [1.807, 2.05) is 43.3 Å². The van der Waals surface area contributed by atoms with E-state index in [2.05, 4.69) is 5.32 Å². The standard InChI is InChI=1S/C27H22F3NO3/c1-3-33-24-15-25-22(23(16-34-25)18-7-5-4-6-8-18)14-21(24)17(2)13-26(32)31-20-11-9-19(10-12-20)27(28,29)30/h4-16H,3H2,1-2H3,(H,31,32)/b17-13+. The molecule has 1 N–H and O–H groups in total. The van der Waals surface area contributed by atoms with Crippen LogP contribution in [-0.4, -0.2) is 12.5 Å². The van der Waals surface area contributed by atoms with Crippen molar-refractivity contribution in [3.63, 3.8) is 0 Å². The normalized spacial score (nSPS) is 12.1. The Labute approximate surface area is 194 Å². The van der Waals surface area contributed by atoms with Gasteiger partial charge in [-0.15, -0.1) is 0 Å². The SMILES string of the molecule is CCOc1cc2occ(-c3ccccc3)c2cc1/C(C)=C/C(=O)Nc1ccc(C(F)(F)F)cc1. The first kappa shape index (κ1) is 23.2. The van der Waals surface area contributed by atoms with Crippen LogP contribution < -0.4 is 10.1 Å². The topological polar surface area (TPSA) is 51.5 Å². The summed E-state index contributed by atoms with van der Waals surface area (Å²) in [5.74, 6) is 0.107. The molecular formula is C27H22F3NO3. The Kier molecular flexibility index (Phi) is 6.45. The van der Waals surface area contributed by atoms with Crippen LogP contribution in [-0.2, 0) is 11.0 Å². The maximum atomic E-state index is 12.8. The van der Waals surface area contributed by atoms with Crippen molar-refractivity contribution in [3.05, 3.63) is 90.2 Å². The molecule has 1 aromatic heterocycles. The molecule has 0 aliphatic heterocycles. The maximum Gasteiger partial charge on any atom is 0.416 e. The second-order valence-corrected chi connectivity index (χ2v) is 7.68. The number of benzene rings is 3. The number of allylic oxidation sites excluding steroid dienone is 1. The minimum Gasteiger partial charge on any atom is -0.493 e. The predicted octanol–water partition coefficient (Wildman–Crippen LogP) is 7.56. The van der Waals surface area contributed by atoms with Crippen molar-refractivity contribution in [2.24, 2.45) is 0 Å². The highest BCUT2D eigenvalue weighted by Crippen LogP contribution is 2.37. The van der Waals surface area contributed by atoms with Gasteiger partial charge in [-0.1, -0.05) is 30.3 Å². The fourth-order valence-corrected chi connectivity index (χ4v) is 3.67. The number of amides is 1. The largest absolute Gasteiger partial charge is 0.493 e. The first-order valence-corrected chi connectivity index (χ1v) is 10.7. The number of halogens is 3. The van der Waals surface area contributed by atoms with Crippen LogP contribution in [0.2, 0.25) is 0 Å². The van der Waals surface area contributed by atoms with Gasteiger partial charge in [0.2, 0.25) is 5.91 Å². The number of carbonyl (C=O) groups is 1. The van der Waals surface area contributed by atoms with Gasteiger partial charge in [0.1, 0.15) is 11.3 Å². The highest BCUT2D eigenvalue weighted by atomic mass is 19.4. The van der Waals surface area contributed by atoms with Crippen LogP contribution in [0, 0.1) is 0 Å². The second kappa shape index (κ2) is 9.47. The van der Waals surface area contributed by atoms with Crippen molar-refractivity contribution in [2.45, 2.75) is 20.0 Å². The summed E-state index contributed by atoms with van der Waals surface area (Å²) in [6.45, 7) is 4.07. The zero-order valence-corrected chi connectivity index (χ0v) is 18.6. The predicted molar refractivity (Wildman–Crippen MR) is 127 cm³/mol. The Morgan fingerprint density at radius 2 is 1.76 bits per heavy atom. The van der Waals surface area contributed by atoms with Gasteiger partial charge in [0.05, 0.1) is 18.4 Å². The Balaban J connectivity index is 1.65. The van der Waals surface area contributed by atoms with E-state index in [-0.39, 0.29) is 5.69 Å². The third-order valence-electron chi connectivity index (χ3n) is 5.31. The number of alkyl halides is 3. The molecule has 34 heavy (non-hydrogen) atoms. The Hall–Kier alpha value is -4.00. The van der Waals surface area contributed by atoms with Crippen molar-refractivity contribution in [1.29, 1.82) is 0 Å². The van der Waals surface area contributed by atoms with Crippen LogP contribution in [0.5, 0.6) is 5.75 Å². The average molecular weight is 465 g/mol. The molecule has 4 rings (SSSR count). The molecule has 0 radical (unpaired) electrons. The van der Waals surface area contributed by atoms with Gasteiger partial charge >= 0.3 is 6.18 Å². The average Bonchev–Trinajstić information content (AvgIpc) is 3.22. The summed E-state index contributed by atoms with van der Waals surface area (Å²) in [5.41, 5.74) is 3.42. The smallest absolute Gasteiger partial charge is 0.416 e. The van der Waals surface area contributed by atoms with E-state index < -0.39 is 17.6 Å². The van der Waals surface area contributed by atoms with Crippen LogP contribution in [0.1, 0.15) is 25.0 Å². The highest BCUT2D eigenvalue weighted by Gasteiger charge is 2.30. The van der Waals surface area contributed by atoms with Crippen molar-refractivity contribution in [2.75, 3.05) is 11.9 Å². The summed E-state index contributed by atoms with van der Waals surface area (Å²) in [5, 5.41) is 3.48. The summed E-state index contributed by atoms with van der Waals surface area (Å²) in [6, 6.07) is 17.8. The third-order valence-corrected chi connectivity index (χ3v) is 5.31. The molecule has 0 unspecified atom stereocenters. The quantitative estimate of drug-likeness (QED) is 0.299. The van der Waals surface area contributed by atoms with E-state index >= 15 is 0 Å². The van der Waals surface area contributed by atoms with Gasteiger partial charge in [-0.3, -0.25) is 4.79 Å². The van der Waals surface area contributed by atoms with Crippen LogP contribution >= 0.6 is 0 Å². The lowest BCUT2D eigenvalue weighted by Gasteiger charge is -2.12. The monoisotopic (exact) mass is 465 g/mol. The molecule has 0 fully saturated rings. The number of hydrogen-bond donors (Lipinski definition) is 1. The van der Waals surface area contributed by atoms with E-state index in [9.17, 15) is 18.0 Å². The molecule has 0 saturated heterocycles. The summed E-state index contributed by atoms with van der Waals surface area (Å²) < 4.78 is 49.8. The number of furan rings is 1. The van der Waals surface area contributed by atoms with Gasteiger partial charge in [-0.2, -0.15) is 13.2 Å². The van der Waals surface area contributed by atoms with E-state index in [1.54, 1.807) is 19.3 Å². The van der Waals surface area contributed by atoms with Crippen LogP contribution in [0.25, 0.3) is 27.7 Å². The van der Waals surface area contributed by atoms with Gasteiger partial charge in [-0.25, -0.2) is 0 Å². The number of carbonyl (C=O) groups excluding carboxylic acids is 1. The summed E-state index contributed by atoms with van der Waals surface area (Å²) in [7, 11) is 0. The van der Waals surface area contributed by atoms with Crippen LogP contribution in [0.15, 0.2) is 83.5 Å². The molecule has 4 aromatic rings. The van der Waals surface area contributed by atoms with Gasteiger partial charge in [0.15, 0.2) is 0 Å². The summed E-state index contributed by atoms with van der Waals surface area (Å²) in [6.07, 6.45) is -1.35. The third kappa shape index (κ3) is 4.98. The molecule has 4 nitrogen and oxygen atoms in total. The Bertz CT molecular complexity index is 1340. The molecule has 3 aromatic carbocycles. The molecular weight excluding hydrogens is 443 g/mol. The van der Waals surface area contributed by atoms with Crippen LogP contribution in [0.4, 0.5) is 18.9 Å². The number of fused-ring (bicyclic) bond motifs is 1. The number of rotatable bonds is 6. The minimum atomic E-state index is -4.43. The van der Waals surface area contributed by atoms with E-state index in [0.717, 1.165) is 34.2 Å². The fourth-order valence-electron chi connectivity index (χ4n) is 3.67. The zero-order chi connectivity index (χ0) is 24.3. The van der Waals surface area contributed by atoms with E-state index in [4.69, 9.17) is 9.15 Å². The van der Waals surface area contributed by atoms with Gasteiger partial charge in [0, 0.05) is 34.3 Å². The molecule has 7 heteroatoms. The lowest BCUT2D eigenvalue weighted by atomic mass is 9.99. The maximum absolute atomic E-state index is 12.8. The summed E-state index contributed by atoms with van der Waals surface area (Å²) >= 11 is 0. The number of anilines is 1.